The van der Waals surface area contributed by atoms with Gasteiger partial charge in [-0.1, -0.05) is 62.3 Å². The molecule has 0 fully saturated rings. The van der Waals surface area contributed by atoms with Gasteiger partial charge in [-0.15, -0.1) is 0 Å². The van der Waals surface area contributed by atoms with Crippen LogP contribution in [0.5, 0.6) is 0 Å². The Morgan fingerprint density at radius 2 is 0.750 bits per heavy atom. The summed E-state index contributed by atoms with van der Waals surface area (Å²) in [4.78, 5) is 0. The Labute approximate surface area is 123 Å². The van der Waals surface area contributed by atoms with E-state index in [0.717, 1.165) is 0 Å². The normalized spacial score (nSPS) is 14.7. The van der Waals surface area contributed by atoms with Crippen LogP contribution < -0.4 is 0 Å². The fourth-order valence-corrected chi connectivity index (χ4v) is 4.91. The highest BCUT2D eigenvalue weighted by molar-refractivity contribution is 4.98. The minimum absolute atomic E-state index is 0.0154. The van der Waals surface area contributed by atoms with Crippen LogP contribution in [0.25, 0.3) is 0 Å². The lowest BCUT2D eigenvalue weighted by molar-refractivity contribution is -0.277. The molecule has 0 bridgehead atoms. The molecule has 0 aliphatic rings. The molecule has 0 saturated heterocycles. The fraction of sp³-hybridized carbons (Fsp3) is 1.00. The van der Waals surface area contributed by atoms with E-state index in [-0.39, 0.29) is 35.5 Å². The van der Waals surface area contributed by atoms with Gasteiger partial charge in [-0.25, -0.2) is 0 Å². The first kappa shape index (κ1) is 19.8. The van der Waals surface area contributed by atoms with Crippen molar-refractivity contribution in [1.29, 1.82) is 0 Å². The number of halogens is 3. The van der Waals surface area contributed by atoms with E-state index in [1.165, 1.54) is 6.92 Å². The minimum Gasteiger partial charge on any atom is -0.170 e. The van der Waals surface area contributed by atoms with Crippen LogP contribution in [0.3, 0.4) is 0 Å². The second-order valence-corrected chi connectivity index (χ2v) is 7.81. The van der Waals surface area contributed by atoms with E-state index in [4.69, 9.17) is 0 Å². The summed E-state index contributed by atoms with van der Waals surface area (Å²) >= 11 is 0. The fourth-order valence-electron chi connectivity index (χ4n) is 4.91. The third-order valence-corrected chi connectivity index (χ3v) is 4.87. The van der Waals surface area contributed by atoms with Gasteiger partial charge in [-0.3, -0.25) is 0 Å². The number of rotatable bonds is 6. The lowest BCUT2D eigenvalue weighted by Gasteiger charge is -2.51. The van der Waals surface area contributed by atoms with Crippen LogP contribution >= 0.6 is 0 Å². The van der Waals surface area contributed by atoms with Gasteiger partial charge in [-0.05, 0) is 35.5 Å². The number of hydrogen-bond donors (Lipinski definition) is 0. The molecule has 0 heterocycles. The van der Waals surface area contributed by atoms with E-state index in [1.807, 2.05) is 55.4 Å². The van der Waals surface area contributed by atoms with Crippen molar-refractivity contribution in [1.82, 2.24) is 0 Å². The zero-order chi connectivity index (χ0) is 16.5. The van der Waals surface area contributed by atoms with Crippen LogP contribution in [0, 0.1) is 40.9 Å². The summed E-state index contributed by atoms with van der Waals surface area (Å²) in [6.07, 6.45) is -4.18. The van der Waals surface area contributed by atoms with Gasteiger partial charge in [0.1, 0.15) is 0 Å². The van der Waals surface area contributed by atoms with Crippen molar-refractivity contribution >= 4 is 0 Å². The summed E-state index contributed by atoms with van der Waals surface area (Å²) in [5, 5.41) is 0. The average molecular weight is 294 g/mol. The molecule has 122 valence electrons. The Morgan fingerprint density at radius 1 is 0.550 bits per heavy atom. The molecule has 3 heteroatoms. The van der Waals surface area contributed by atoms with Gasteiger partial charge >= 0.3 is 6.18 Å². The smallest absolute Gasteiger partial charge is 0.170 e. The van der Waals surface area contributed by atoms with Gasteiger partial charge in [-0.2, -0.15) is 13.2 Å². The Hall–Kier alpha value is -0.210. The van der Waals surface area contributed by atoms with Gasteiger partial charge in [0, 0.05) is 0 Å². The monoisotopic (exact) mass is 294 g/mol. The summed E-state index contributed by atoms with van der Waals surface area (Å²) in [6, 6.07) is 0. The summed E-state index contributed by atoms with van der Waals surface area (Å²) < 4.78 is 42.1. The van der Waals surface area contributed by atoms with Crippen LogP contribution in [0.1, 0.15) is 62.3 Å². The second kappa shape index (κ2) is 6.70. The molecule has 0 aromatic carbocycles. The zero-order valence-electron chi connectivity index (χ0n) is 14.6. The summed E-state index contributed by atoms with van der Waals surface area (Å²) in [6.45, 7) is 16.8. The first-order valence-corrected chi connectivity index (χ1v) is 7.85. The van der Waals surface area contributed by atoms with Crippen molar-refractivity contribution in [3.8, 4) is 0 Å². The molecule has 0 nitrogen and oxygen atoms in total. The van der Waals surface area contributed by atoms with Gasteiger partial charge in [0.25, 0.3) is 0 Å². The molecular formula is C17H33F3. The Balaban J connectivity index is 6.09. The molecule has 0 N–H and O–H groups in total. The Bertz CT molecular complexity index is 251. The van der Waals surface area contributed by atoms with E-state index in [1.54, 1.807) is 0 Å². The van der Waals surface area contributed by atoms with Crippen LogP contribution in [0.2, 0.25) is 0 Å². The van der Waals surface area contributed by atoms with Crippen molar-refractivity contribution in [2.75, 3.05) is 0 Å². The van der Waals surface area contributed by atoms with E-state index in [9.17, 15) is 13.2 Å². The molecule has 0 unspecified atom stereocenters. The molecular weight excluding hydrogens is 261 g/mol. The van der Waals surface area contributed by atoms with Crippen LogP contribution in [0.15, 0.2) is 0 Å². The second-order valence-electron chi connectivity index (χ2n) is 7.81. The number of hydrogen-bond acceptors (Lipinski definition) is 0. The standard InChI is InChI=1S/C17H33F3/c1-10(2)14(11(3)4)16(9,17(18,19)20)15(12(5)6)13(7)8/h10-15H,1-9H3. The van der Waals surface area contributed by atoms with Gasteiger partial charge in [0.05, 0.1) is 5.41 Å². The van der Waals surface area contributed by atoms with E-state index >= 15 is 0 Å². The SMILES string of the molecule is CC(C)C(C(C)C)C(C)(C(C(C)C)C(C)C)C(F)(F)F. The van der Waals surface area contributed by atoms with E-state index in [0.29, 0.717) is 0 Å². The minimum atomic E-state index is -4.18. The Morgan fingerprint density at radius 3 is 0.850 bits per heavy atom. The van der Waals surface area contributed by atoms with Gasteiger partial charge in [0.2, 0.25) is 0 Å². The van der Waals surface area contributed by atoms with Crippen molar-refractivity contribution in [3.63, 3.8) is 0 Å². The highest BCUT2D eigenvalue weighted by Crippen LogP contribution is 2.57. The summed E-state index contributed by atoms with van der Waals surface area (Å²) in [5.74, 6) is -0.666. The van der Waals surface area contributed by atoms with Crippen molar-refractivity contribution in [2.24, 2.45) is 40.9 Å². The third-order valence-electron chi connectivity index (χ3n) is 4.87. The maximum atomic E-state index is 14.0. The molecule has 0 aromatic rings. The molecule has 20 heavy (non-hydrogen) atoms. The van der Waals surface area contributed by atoms with Crippen molar-refractivity contribution in [2.45, 2.75) is 68.5 Å². The van der Waals surface area contributed by atoms with Gasteiger partial charge in [0.15, 0.2) is 0 Å². The lowest BCUT2D eigenvalue weighted by Crippen LogP contribution is -2.54. The predicted molar refractivity (Wildman–Crippen MR) is 80.5 cm³/mol. The van der Waals surface area contributed by atoms with E-state index < -0.39 is 11.6 Å². The third kappa shape index (κ3) is 3.71. The largest absolute Gasteiger partial charge is 0.394 e. The predicted octanol–water partition coefficient (Wildman–Crippen LogP) is 6.41. The molecule has 0 aromatic heterocycles. The molecule has 0 saturated carbocycles. The highest BCUT2D eigenvalue weighted by atomic mass is 19.4. The molecule has 0 aliphatic heterocycles. The molecule has 0 rings (SSSR count). The number of alkyl halides is 3. The lowest BCUT2D eigenvalue weighted by atomic mass is 9.55. The average Bonchev–Trinajstić information content (AvgIpc) is 2.11. The summed E-state index contributed by atoms with van der Waals surface area (Å²) in [7, 11) is 0. The van der Waals surface area contributed by atoms with Crippen LogP contribution in [-0.4, -0.2) is 6.18 Å². The zero-order valence-corrected chi connectivity index (χ0v) is 14.6. The summed E-state index contributed by atoms with van der Waals surface area (Å²) in [5.41, 5.74) is -1.64. The topological polar surface area (TPSA) is 0 Å². The first-order chi connectivity index (χ1) is 8.78. The highest BCUT2D eigenvalue weighted by Gasteiger charge is 2.61. The molecule has 0 radical (unpaired) electrons. The molecule has 0 atom stereocenters. The van der Waals surface area contributed by atoms with Crippen molar-refractivity contribution < 1.29 is 13.2 Å². The maximum Gasteiger partial charge on any atom is 0.394 e. The van der Waals surface area contributed by atoms with Gasteiger partial charge < -0.3 is 0 Å². The van der Waals surface area contributed by atoms with Crippen LogP contribution in [0.4, 0.5) is 13.2 Å². The van der Waals surface area contributed by atoms with Crippen LogP contribution in [-0.2, 0) is 0 Å². The molecule has 0 amide bonds. The Kier molecular flexibility index (Phi) is 6.63. The van der Waals surface area contributed by atoms with Crippen molar-refractivity contribution in [3.05, 3.63) is 0 Å². The van der Waals surface area contributed by atoms with E-state index in [2.05, 4.69) is 0 Å². The maximum absolute atomic E-state index is 14.0. The molecule has 0 spiro atoms. The first-order valence-electron chi connectivity index (χ1n) is 7.85. The quantitative estimate of drug-likeness (QED) is 0.531. The molecule has 0 aliphatic carbocycles.